The summed E-state index contributed by atoms with van der Waals surface area (Å²) in [7, 11) is 3.99. The van der Waals surface area contributed by atoms with Gasteiger partial charge in [-0.25, -0.2) is 4.39 Å². The van der Waals surface area contributed by atoms with Crippen molar-refractivity contribution in [1.82, 2.24) is 4.98 Å². The van der Waals surface area contributed by atoms with Crippen molar-refractivity contribution in [3.63, 3.8) is 0 Å². The van der Waals surface area contributed by atoms with Gasteiger partial charge in [-0.15, -0.1) is 0 Å². The van der Waals surface area contributed by atoms with Crippen molar-refractivity contribution in [2.45, 2.75) is 13.5 Å². The van der Waals surface area contributed by atoms with E-state index in [1.807, 2.05) is 74.5 Å². The Hall–Kier alpha value is -3.80. The predicted molar refractivity (Wildman–Crippen MR) is 125 cm³/mol. The molecule has 5 nitrogen and oxygen atoms in total. The number of hydrogen-bond donors (Lipinski definition) is 0. The highest BCUT2D eigenvalue weighted by Gasteiger charge is 2.12. The topological polar surface area (TPSA) is 48.8 Å². The molecule has 0 unspecified atom stereocenters. The molecule has 0 atom stereocenters. The lowest BCUT2D eigenvalue weighted by Crippen LogP contribution is -2.20. The van der Waals surface area contributed by atoms with Crippen molar-refractivity contribution in [3.05, 3.63) is 90.0 Å². The first-order valence-corrected chi connectivity index (χ1v) is 9.87. The zero-order valence-corrected chi connectivity index (χ0v) is 17.9. The normalized spacial score (nSPS) is 11.5. The van der Waals surface area contributed by atoms with E-state index in [2.05, 4.69) is 9.98 Å². The second kappa shape index (κ2) is 10.3. The third-order valence-electron chi connectivity index (χ3n) is 4.70. The molecule has 0 saturated carbocycles. The van der Waals surface area contributed by atoms with Gasteiger partial charge in [-0.3, -0.25) is 14.8 Å². The molecular formula is C25H25FN4O. The van der Waals surface area contributed by atoms with Crippen LogP contribution in [-0.2, 0) is 11.3 Å². The van der Waals surface area contributed by atoms with Gasteiger partial charge in [0.2, 0.25) is 6.41 Å². The van der Waals surface area contributed by atoms with Crippen LogP contribution >= 0.6 is 0 Å². The molecule has 31 heavy (non-hydrogen) atoms. The van der Waals surface area contributed by atoms with Gasteiger partial charge < -0.3 is 9.80 Å². The summed E-state index contributed by atoms with van der Waals surface area (Å²) < 4.78 is 13.9. The minimum absolute atomic E-state index is 0.341. The van der Waals surface area contributed by atoms with Crippen molar-refractivity contribution in [1.29, 1.82) is 0 Å². The number of aliphatic imine (C=N–C) groups is 1. The second-order valence-electron chi connectivity index (χ2n) is 7.29. The molecule has 0 spiro atoms. The Labute approximate surface area is 182 Å². The zero-order chi connectivity index (χ0) is 22.2. The molecule has 1 heterocycles. The summed E-state index contributed by atoms with van der Waals surface area (Å²) in [4.78, 5) is 23.9. The number of amides is 1. The molecule has 158 valence electrons. The lowest BCUT2D eigenvalue weighted by atomic mass is 10.1. The number of allylic oxidation sites excluding steroid dienone is 1. The summed E-state index contributed by atoms with van der Waals surface area (Å²) in [6.07, 6.45) is 7.88. The molecule has 0 N–H and O–H groups in total. The zero-order valence-electron chi connectivity index (χ0n) is 17.9. The number of pyridine rings is 1. The summed E-state index contributed by atoms with van der Waals surface area (Å²) in [5.74, 6) is -0.409. The van der Waals surface area contributed by atoms with E-state index in [0.29, 0.717) is 23.6 Å². The average Bonchev–Trinajstić information content (AvgIpc) is 2.77. The van der Waals surface area contributed by atoms with Crippen LogP contribution in [0.25, 0.3) is 6.08 Å². The number of carbonyl (C=O) groups is 1. The molecule has 0 fully saturated rings. The first kappa shape index (κ1) is 21.9. The smallest absolute Gasteiger partial charge is 0.214 e. The Balaban J connectivity index is 1.84. The fourth-order valence-electron chi connectivity index (χ4n) is 3.02. The standard InChI is InChI=1S/C25H25FN4O/c1-19(4-5-20-6-9-23(10-7-20)29(2)3)28-24-16-22(26)8-11-25(24)30(18-31)17-21-12-14-27-15-13-21/h4-16,18H,17H2,1-3H3/b5-4+,28-19+. The van der Waals surface area contributed by atoms with E-state index in [4.69, 9.17) is 0 Å². The number of halogens is 1. The summed E-state index contributed by atoms with van der Waals surface area (Å²) >= 11 is 0. The van der Waals surface area contributed by atoms with E-state index in [-0.39, 0.29) is 0 Å². The summed E-state index contributed by atoms with van der Waals surface area (Å²) in [6.45, 7) is 2.18. The number of carbonyl (C=O) groups excluding carboxylic acids is 1. The summed E-state index contributed by atoms with van der Waals surface area (Å²) in [5, 5.41) is 0. The van der Waals surface area contributed by atoms with E-state index in [9.17, 15) is 9.18 Å². The maximum Gasteiger partial charge on any atom is 0.214 e. The molecule has 6 heteroatoms. The molecule has 1 amide bonds. The lowest BCUT2D eigenvalue weighted by molar-refractivity contribution is -0.107. The maximum atomic E-state index is 13.9. The molecule has 3 rings (SSSR count). The average molecular weight is 417 g/mol. The number of benzene rings is 2. The molecule has 0 radical (unpaired) electrons. The molecule has 0 aliphatic carbocycles. The largest absolute Gasteiger partial charge is 0.378 e. The van der Waals surface area contributed by atoms with Gasteiger partial charge in [0.1, 0.15) is 5.82 Å². The fourth-order valence-corrected chi connectivity index (χ4v) is 3.02. The van der Waals surface area contributed by atoms with Crippen LogP contribution in [0.4, 0.5) is 21.5 Å². The van der Waals surface area contributed by atoms with Crippen LogP contribution < -0.4 is 9.80 Å². The SMILES string of the molecule is CC(/C=C/c1ccc(N(C)C)cc1)=N\c1cc(F)ccc1N(C=O)Cc1ccncc1. The second-order valence-corrected chi connectivity index (χ2v) is 7.29. The Morgan fingerprint density at radius 1 is 1.06 bits per heavy atom. The summed E-state index contributed by atoms with van der Waals surface area (Å²) in [5.41, 5.74) is 4.70. The third kappa shape index (κ3) is 6.09. The maximum absolute atomic E-state index is 13.9. The monoisotopic (exact) mass is 416 g/mol. The predicted octanol–water partition coefficient (Wildman–Crippen LogP) is 5.26. The number of aromatic nitrogens is 1. The van der Waals surface area contributed by atoms with Gasteiger partial charge in [-0.05, 0) is 60.5 Å². The molecule has 3 aromatic rings. The minimum Gasteiger partial charge on any atom is -0.378 e. The molecule has 1 aromatic heterocycles. The molecular weight excluding hydrogens is 391 g/mol. The Kier molecular flexibility index (Phi) is 7.27. The van der Waals surface area contributed by atoms with Gasteiger partial charge in [0, 0.05) is 44.0 Å². The Morgan fingerprint density at radius 3 is 2.42 bits per heavy atom. The highest BCUT2D eigenvalue weighted by atomic mass is 19.1. The van der Waals surface area contributed by atoms with E-state index in [1.165, 1.54) is 17.0 Å². The highest BCUT2D eigenvalue weighted by molar-refractivity contribution is 5.99. The van der Waals surface area contributed by atoms with Crippen LogP contribution in [0.15, 0.2) is 78.1 Å². The van der Waals surface area contributed by atoms with Crippen LogP contribution in [-0.4, -0.2) is 31.2 Å². The Bertz CT molecular complexity index is 1080. The van der Waals surface area contributed by atoms with Crippen molar-refractivity contribution in [3.8, 4) is 0 Å². The number of hydrogen-bond acceptors (Lipinski definition) is 4. The van der Waals surface area contributed by atoms with Gasteiger partial charge >= 0.3 is 0 Å². The Morgan fingerprint density at radius 2 is 1.77 bits per heavy atom. The quantitative estimate of drug-likeness (QED) is 0.372. The van der Waals surface area contributed by atoms with Crippen LogP contribution in [0.3, 0.4) is 0 Å². The molecule has 0 aliphatic heterocycles. The van der Waals surface area contributed by atoms with Gasteiger partial charge in [0.15, 0.2) is 0 Å². The minimum atomic E-state index is -0.409. The number of anilines is 2. The van der Waals surface area contributed by atoms with Crippen LogP contribution in [0.2, 0.25) is 0 Å². The number of nitrogens with zero attached hydrogens (tertiary/aromatic N) is 4. The molecule has 2 aromatic carbocycles. The van der Waals surface area contributed by atoms with E-state index in [1.54, 1.807) is 18.5 Å². The van der Waals surface area contributed by atoms with E-state index in [0.717, 1.165) is 23.2 Å². The van der Waals surface area contributed by atoms with Gasteiger partial charge in [-0.1, -0.05) is 18.2 Å². The van der Waals surface area contributed by atoms with Crippen molar-refractivity contribution >= 4 is 35.3 Å². The van der Waals surface area contributed by atoms with Crippen molar-refractivity contribution in [2.75, 3.05) is 23.9 Å². The lowest BCUT2D eigenvalue weighted by Gasteiger charge is -2.19. The van der Waals surface area contributed by atoms with Crippen LogP contribution in [0, 0.1) is 5.82 Å². The molecule has 0 saturated heterocycles. The molecule has 0 bridgehead atoms. The molecule has 0 aliphatic rings. The van der Waals surface area contributed by atoms with Crippen LogP contribution in [0.5, 0.6) is 0 Å². The van der Waals surface area contributed by atoms with Gasteiger partial charge in [-0.2, -0.15) is 0 Å². The first-order valence-electron chi connectivity index (χ1n) is 9.87. The van der Waals surface area contributed by atoms with Gasteiger partial charge in [0.05, 0.1) is 17.9 Å². The van der Waals surface area contributed by atoms with E-state index >= 15 is 0 Å². The van der Waals surface area contributed by atoms with Crippen molar-refractivity contribution in [2.24, 2.45) is 4.99 Å². The summed E-state index contributed by atoms with van der Waals surface area (Å²) in [6, 6.07) is 16.0. The first-order chi connectivity index (χ1) is 15.0. The van der Waals surface area contributed by atoms with Gasteiger partial charge in [0.25, 0.3) is 0 Å². The third-order valence-corrected chi connectivity index (χ3v) is 4.70. The number of rotatable bonds is 8. The fraction of sp³-hybridized carbons (Fsp3) is 0.160. The highest BCUT2D eigenvalue weighted by Crippen LogP contribution is 2.30. The van der Waals surface area contributed by atoms with E-state index < -0.39 is 5.82 Å². The van der Waals surface area contributed by atoms with Crippen LogP contribution in [0.1, 0.15) is 18.1 Å². The van der Waals surface area contributed by atoms with Crippen molar-refractivity contribution < 1.29 is 9.18 Å².